The quantitative estimate of drug-likeness (QED) is 0.727. The maximum absolute atomic E-state index is 11.3. The third-order valence-electron chi connectivity index (χ3n) is 6.21. The van der Waals surface area contributed by atoms with Crippen LogP contribution in [0.1, 0.15) is 58.4 Å². The Morgan fingerprint density at radius 2 is 2.12 bits per heavy atom. The lowest BCUT2D eigenvalue weighted by molar-refractivity contribution is -0.158. The Balaban J connectivity index is 1.77. The van der Waals surface area contributed by atoms with Crippen molar-refractivity contribution in [2.75, 3.05) is 13.1 Å². The SMILES string of the molecule is CCCCC(C)/C=C1\CN2CCCC2C(C)(OCc2ccccc2)C1O. The second-order valence-electron chi connectivity index (χ2n) is 8.35. The summed E-state index contributed by atoms with van der Waals surface area (Å²) in [6.45, 7) is 9.19. The van der Waals surface area contributed by atoms with Gasteiger partial charge in [0.1, 0.15) is 11.7 Å². The molecule has 1 aromatic rings. The van der Waals surface area contributed by atoms with Crippen molar-refractivity contribution in [3.8, 4) is 0 Å². The molecule has 0 amide bonds. The number of ether oxygens (including phenoxy) is 1. The summed E-state index contributed by atoms with van der Waals surface area (Å²) in [5.74, 6) is 0.511. The minimum absolute atomic E-state index is 0.310. The molecule has 4 atom stereocenters. The lowest BCUT2D eigenvalue weighted by Gasteiger charge is -2.49. The lowest BCUT2D eigenvalue weighted by Crippen LogP contribution is -2.62. The summed E-state index contributed by atoms with van der Waals surface area (Å²) < 4.78 is 6.44. The third kappa shape index (κ3) is 4.21. The molecule has 2 saturated heterocycles. The third-order valence-corrected chi connectivity index (χ3v) is 6.21. The predicted molar refractivity (Wildman–Crippen MR) is 107 cm³/mol. The first-order chi connectivity index (χ1) is 12.5. The first-order valence-corrected chi connectivity index (χ1v) is 10.3. The summed E-state index contributed by atoms with van der Waals surface area (Å²) in [4.78, 5) is 2.52. The number of aliphatic hydroxyl groups excluding tert-OH is 1. The molecule has 3 heteroatoms. The second kappa shape index (κ2) is 8.69. The molecule has 1 N–H and O–H groups in total. The van der Waals surface area contributed by atoms with Crippen LogP contribution >= 0.6 is 0 Å². The Morgan fingerprint density at radius 1 is 1.35 bits per heavy atom. The molecule has 0 saturated carbocycles. The van der Waals surface area contributed by atoms with Crippen LogP contribution < -0.4 is 0 Å². The van der Waals surface area contributed by atoms with E-state index in [1.54, 1.807) is 0 Å². The molecule has 0 radical (unpaired) electrons. The predicted octanol–water partition coefficient (Wildman–Crippen LogP) is 4.55. The lowest BCUT2D eigenvalue weighted by atomic mass is 9.79. The zero-order valence-electron chi connectivity index (χ0n) is 16.7. The fourth-order valence-corrected chi connectivity index (χ4v) is 4.64. The highest BCUT2D eigenvalue weighted by Gasteiger charge is 2.51. The van der Waals surface area contributed by atoms with Crippen molar-refractivity contribution < 1.29 is 9.84 Å². The van der Waals surface area contributed by atoms with E-state index in [9.17, 15) is 5.11 Å². The highest BCUT2D eigenvalue weighted by atomic mass is 16.5. The molecular weight excluding hydrogens is 322 g/mol. The smallest absolute Gasteiger partial charge is 0.111 e. The van der Waals surface area contributed by atoms with E-state index in [1.807, 2.05) is 18.2 Å². The van der Waals surface area contributed by atoms with Crippen molar-refractivity contribution in [2.24, 2.45) is 5.92 Å². The normalized spacial score (nSPS) is 31.9. The highest BCUT2D eigenvalue weighted by molar-refractivity contribution is 5.25. The monoisotopic (exact) mass is 357 g/mol. The molecule has 26 heavy (non-hydrogen) atoms. The Bertz CT molecular complexity index is 599. The van der Waals surface area contributed by atoms with E-state index in [-0.39, 0.29) is 0 Å². The molecule has 3 rings (SSSR count). The van der Waals surface area contributed by atoms with E-state index in [0.717, 1.165) is 30.6 Å². The Labute approximate surface area is 159 Å². The van der Waals surface area contributed by atoms with Gasteiger partial charge in [-0.05, 0) is 49.8 Å². The molecule has 2 fully saturated rings. The summed E-state index contributed by atoms with van der Waals surface area (Å²) in [7, 11) is 0. The largest absolute Gasteiger partial charge is 0.386 e. The minimum atomic E-state index is -0.541. The van der Waals surface area contributed by atoms with Gasteiger partial charge in [-0.3, -0.25) is 4.90 Å². The van der Waals surface area contributed by atoms with Gasteiger partial charge in [0.15, 0.2) is 0 Å². The molecule has 0 bridgehead atoms. The van der Waals surface area contributed by atoms with Crippen LogP contribution in [-0.4, -0.2) is 40.8 Å². The highest BCUT2D eigenvalue weighted by Crippen LogP contribution is 2.40. The summed E-state index contributed by atoms with van der Waals surface area (Å²) in [6.07, 6.45) is 7.77. The van der Waals surface area contributed by atoms with Crippen molar-refractivity contribution in [3.05, 3.63) is 47.5 Å². The molecule has 2 heterocycles. The van der Waals surface area contributed by atoms with Crippen LogP contribution in [0.15, 0.2) is 42.0 Å². The number of unbranched alkanes of at least 4 members (excludes halogenated alkanes) is 1. The van der Waals surface area contributed by atoms with Gasteiger partial charge in [0, 0.05) is 12.6 Å². The molecule has 3 nitrogen and oxygen atoms in total. The molecular formula is C23H35NO2. The van der Waals surface area contributed by atoms with Gasteiger partial charge in [0.05, 0.1) is 6.61 Å². The molecule has 1 aromatic carbocycles. The van der Waals surface area contributed by atoms with Crippen LogP contribution in [0.4, 0.5) is 0 Å². The van der Waals surface area contributed by atoms with Crippen molar-refractivity contribution in [3.63, 3.8) is 0 Å². The van der Waals surface area contributed by atoms with Gasteiger partial charge in [-0.2, -0.15) is 0 Å². The number of hydrogen-bond donors (Lipinski definition) is 1. The van der Waals surface area contributed by atoms with E-state index in [0.29, 0.717) is 18.6 Å². The van der Waals surface area contributed by atoms with Crippen LogP contribution in [0, 0.1) is 5.92 Å². The minimum Gasteiger partial charge on any atom is -0.386 e. The number of piperidine rings is 1. The maximum Gasteiger partial charge on any atom is 0.111 e. The van der Waals surface area contributed by atoms with Crippen LogP contribution in [0.5, 0.6) is 0 Å². The van der Waals surface area contributed by atoms with E-state index in [4.69, 9.17) is 4.74 Å². The molecule has 0 spiro atoms. The fraction of sp³-hybridized carbons (Fsp3) is 0.652. The van der Waals surface area contributed by atoms with Gasteiger partial charge in [0.25, 0.3) is 0 Å². The number of allylic oxidation sites excluding steroid dienone is 1. The second-order valence-corrected chi connectivity index (χ2v) is 8.35. The molecule has 2 aliphatic rings. The van der Waals surface area contributed by atoms with E-state index in [2.05, 4.69) is 43.9 Å². The van der Waals surface area contributed by atoms with Crippen LogP contribution in [0.3, 0.4) is 0 Å². The van der Waals surface area contributed by atoms with Gasteiger partial charge in [-0.1, -0.05) is 63.1 Å². The Hall–Kier alpha value is -1.16. The standard InChI is InChI=1S/C23H35NO2/c1-4-5-10-18(2)15-20-16-24-14-9-13-21(24)23(3,22(20)25)26-17-19-11-7-6-8-12-19/h6-8,11-12,15,18,21-22,25H,4-5,9-10,13-14,16-17H2,1-3H3/b20-15+. The van der Waals surface area contributed by atoms with Crippen molar-refractivity contribution >= 4 is 0 Å². The van der Waals surface area contributed by atoms with Crippen LogP contribution in [0.25, 0.3) is 0 Å². The average Bonchev–Trinajstić information content (AvgIpc) is 3.13. The number of fused-ring (bicyclic) bond motifs is 1. The zero-order chi connectivity index (χ0) is 18.6. The van der Waals surface area contributed by atoms with Crippen molar-refractivity contribution in [2.45, 2.75) is 77.2 Å². The molecule has 144 valence electrons. The summed E-state index contributed by atoms with van der Waals surface area (Å²) in [5.41, 5.74) is 1.78. The van der Waals surface area contributed by atoms with E-state index in [1.165, 1.54) is 25.7 Å². The number of nitrogens with zero attached hydrogens (tertiary/aromatic N) is 1. The van der Waals surface area contributed by atoms with Crippen molar-refractivity contribution in [1.82, 2.24) is 4.90 Å². The Kier molecular flexibility index (Phi) is 6.55. The van der Waals surface area contributed by atoms with E-state index < -0.39 is 11.7 Å². The molecule has 2 aliphatic heterocycles. The van der Waals surface area contributed by atoms with Gasteiger partial charge in [0.2, 0.25) is 0 Å². The number of benzene rings is 1. The molecule has 0 aliphatic carbocycles. The van der Waals surface area contributed by atoms with Gasteiger partial charge in [-0.15, -0.1) is 0 Å². The van der Waals surface area contributed by atoms with E-state index >= 15 is 0 Å². The summed E-state index contributed by atoms with van der Waals surface area (Å²) in [5, 5.41) is 11.3. The van der Waals surface area contributed by atoms with Crippen LogP contribution in [0.2, 0.25) is 0 Å². The fourth-order valence-electron chi connectivity index (χ4n) is 4.64. The summed E-state index contributed by atoms with van der Waals surface area (Å²) in [6, 6.07) is 10.6. The molecule has 4 unspecified atom stereocenters. The first kappa shape index (κ1) is 19.6. The van der Waals surface area contributed by atoms with Gasteiger partial charge in [-0.25, -0.2) is 0 Å². The first-order valence-electron chi connectivity index (χ1n) is 10.3. The van der Waals surface area contributed by atoms with Crippen molar-refractivity contribution in [1.29, 1.82) is 0 Å². The number of rotatable bonds is 7. The zero-order valence-corrected chi connectivity index (χ0v) is 16.7. The molecule has 0 aromatic heterocycles. The topological polar surface area (TPSA) is 32.7 Å². The maximum atomic E-state index is 11.3. The average molecular weight is 358 g/mol. The summed E-state index contributed by atoms with van der Waals surface area (Å²) >= 11 is 0. The Morgan fingerprint density at radius 3 is 2.85 bits per heavy atom. The van der Waals surface area contributed by atoms with Gasteiger partial charge >= 0.3 is 0 Å². The van der Waals surface area contributed by atoms with Gasteiger partial charge < -0.3 is 9.84 Å². The number of hydrogen-bond acceptors (Lipinski definition) is 3. The number of aliphatic hydroxyl groups is 1. The van der Waals surface area contributed by atoms with Crippen LogP contribution in [-0.2, 0) is 11.3 Å².